The second kappa shape index (κ2) is 6.69. The van der Waals surface area contributed by atoms with Crippen molar-refractivity contribution in [2.75, 3.05) is 27.4 Å². The van der Waals surface area contributed by atoms with Gasteiger partial charge in [0.25, 0.3) is 0 Å². The summed E-state index contributed by atoms with van der Waals surface area (Å²) in [6, 6.07) is 4.99. The molecule has 2 aromatic heterocycles. The summed E-state index contributed by atoms with van der Waals surface area (Å²) in [4.78, 5) is 11.7. The summed E-state index contributed by atoms with van der Waals surface area (Å²) in [6.07, 6.45) is 0. The van der Waals surface area contributed by atoms with E-state index >= 15 is 0 Å². The summed E-state index contributed by atoms with van der Waals surface area (Å²) in [6.45, 7) is 1.31. The van der Waals surface area contributed by atoms with Crippen LogP contribution in [0.4, 0.5) is 0 Å². The van der Waals surface area contributed by atoms with Gasteiger partial charge in [-0.3, -0.25) is 0 Å². The lowest BCUT2D eigenvalue weighted by atomic mass is 10.3. The van der Waals surface area contributed by atoms with E-state index in [2.05, 4.69) is 5.10 Å². The van der Waals surface area contributed by atoms with Gasteiger partial charge in [0.1, 0.15) is 0 Å². The van der Waals surface area contributed by atoms with Crippen molar-refractivity contribution < 1.29 is 19.0 Å². The van der Waals surface area contributed by atoms with E-state index in [-0.39, 0.29) is 0 Å². The first kappa shape index (κ1) is 14.8. The quantitative estimate of drug-likeness (QED) is 0.602. The van der Waals surface area contributed by atoms with Gasteiger partial charge in [0.05, 0.1) is 43.2 Å². The Morgan fingerprint density at radius 3 is 2.85 bits per heavy atom. The third kappa shape index (κ3) is 3.09. The summed E-state index contributed by atoms with van der Waals surface area (Å²) >= 11 is 6.10. The Balaban J connectivity index is 2.27. The number of nitrogens with zero attached hydrogens (tertiary/aromatic N) is 2. The summed E-state index contributed by atoms with van der Waals surface area (Å²) in [7, 11) is 2.93. The molecule has 0 aromatic carbocycles. The van der Waals surface area contributed by atoms with Crippen molar-refractivity contribution in [1.82, 2.24) is 9.61 Å². The fraction of sp³-hybridized carbons (Fsp3) is 0.385. The van der Waals surface area contributed by atoms with Crippen LogP contribution >= 0.6 is 11.6 Å². The zero-order valence-electron chi connectivity index (χ0n) is 11.3. The molecule has 20 heavy (non-hydrogen) atoms. The van der Waals surface area contributed by atoms with Gasteiger partial charge in [0, 0.05) is 7.11 Å². The molecular formula is C13H15ClN2O4. The lowest BCUT2D eigenvalue weighted by Gasteiger charge is -2.03. The van der Waals surface area contributed by atoms with Crippen molar-refractivity contribution in [3.63, 3.8) is 0 Å². The molecule has 0 aliphatic rings. The van der Waals surface area contributed by atoms with Gasteiger partial charge in [-0.05, 0) is 18.2 Å². The minimum Gasteiger partial charge on any atom is -0.464 e. The minimum atomic E-state index is -0.471. The van der Waals surface area contributed by atoms with Crippen LogP contribution in [0.25, 0.3) is 5.52 Å². The minimum absolute atomic E-state index is 0.315. The predicted octanol–water partition coefficient (Wildman–Crippen LogP) is 1.94. The number of fused-ring (bicyclic) bond motifs is 1. The van der Waals surface area contributed by atoms with Crippen LogP contribution in [0.15, 0.2) is 18.2 Å². The molecule has 0 fully saturated rings. The van der Waals surface area contributed by atoms with E-state index < -0.39 is 5.97 Å². The SMILES string of the molecule is COCCOCc1cc2c(Cl)ccc(C(=O)OC)n2n1. The van der Waals surface area contributed by atoms with Crippen molar-refractivity contribution in [1.29, 1.82) is 0 Å². The van der Waals surface area contributed by atoms with Crippen LogP contribution in [0, 0.1) is 0 Å². The maximum Gasteiger partial charge on any atom is 0.356 e. The second-order valence-corrected chi connectivity index (χ2v) is 4.44. The molecular weight excluding hydrogens is 284 g/mol. The van der Waals surface area contributed by atoms with E-state index in [9.17, 15) is 4.79 Å². The van der Waals surface area contributed by atoms with Gasteiger partial charge in [-0.1, -0.05) is 11.6 Å². The first-order valence-corrected chi connectivity index (χ1v) is 6.37. The molecule has 2 heterocycles. The molecule has 108 valence electrons. The summed E-state index contributed by atoms with van der Waals surface area (Å²) in [5.41, 5.74) is 1.63. The fourth-order valence-electron chi connectivity index (χ4n) is 1.74. The van der Waals surface area contributed by atoms with Crippen LogP contribution in [0.2, 0.25) is 5.02 Å². The lowest BCUT2D eigenvalue weighted by Crippen LogP contribution is -2.09. The van der Waals surface area contributed by atoms with Crippen LogP contribution < -0.4 is 0 Å². The Labute approximate surface area is 121 Å². The van der Waals surface area contributed by atoms with E-state index in [1.807, 2.05) is 0 Å². The number of pyridine rings is 1. The number of hydrogen-bond acceptors (Lipinski definition) is 5. The van der Waals surface area contributed by atoms with Crippen molar-refractivity contribution in [3.05, 3.63) is 34.6 Å². The van der Waals surface area contributed by atoms with Crippen molar-refractivity contribution >= 4 is 23.1 Å². The highest BCUT2D eigenvalue weighted by atomic mass is 35.5. The highest BCUT2D eigenvalue weighted by molar-refractivity contribution is 6.33. The number of carbonyl (C=O) groups excluding carboxylic acids is 1. The van der Waals surface area contributed by atoms with Gasteiger partial charge in [-0.15, -0.1) is 0 Å². The summed E-state index contributed by atoms with van der Waals surface area (Å²) in [5, 5.41) is 4.81. The predicted molar refractivity (Wildman–Crippen MR) is 73.1 cm³/mol. The van der Waals surface area contributed by atoms with Crippen LogP contribution in [-0.4, -0.2) is 43.0 Å². The molecule has 0 aliphatic heterocycles. The van der Waals surface area contributed by atoms with E-state index in [0.29, 0.717) is 41.7 Å². The number of ether oxygens (including phenoxy) is 3. The summed E-state index contributed by atoms with van der Waals surface area (Å²) < 4.78 is 16.5. The molecule has 0 unspecified atom stereocenters. The van der Waals surface area contributed by atoms with E-state index in [0.717, 1.165) is 0 Å². The van der Waals surface area contributed by atoms with Crippen molar-refractivity contribution in [2.24, 2.45) is 0 Å². The molecule has 0 atom stereocenters. The van der Waals surface area contributed by atoms with Gasteiger partial charge in [-0.25, -0.2) is 9.31 Å². The van der Waals surface area contributed by atoms with Crippen LogP contribution in [0.1, 0.15) is 16.2 Å². The molecule has 7 heteroatoms. The number of esters is 1. The molecule has 0 saturated carbocycles. The molecule has 0 spiro atoms. The maximum atomic E-state index is 11.7. The number of aromatic nitrogens is 2. The summed E-state index contributed by atoms with van der Waals surface area (Å²) in [5.74, 6) is -0.471. The lowest BCUT2D eigenvalue weighted by molar-refractivity contribution is 0.0584. The van der Waals surface area contributed by atoms with E-state index in [1.165, 1.54) is 11.6 Å². The average molecular weight is 299 g/mol. The molecule has 2 rings (SSSR count). The van der Waals surface area contributed by atoms with Gasteiger partial charge in [0.2, 0.25) is 0 Å². The fourth-order valence-corrected chi connectivity index (χ4v) is 1.94. The number of rotatable bonds is 6. The van der Waals surface area contributed by atoms with Crippen LogP contribution in [0.5, 0.6) is 0 Å². The van der Waals surface area contributed by atoms with Gasteiger partial charge < -0.3 is 14.2 Å². The molecule has 0 saturated heterocycles. The van der Waals surface area contributed by atoms with Gasteiger partial charge in [-0.2, -0.15) is 5.10 Å². The monoisotopic (exact) mass is 298 g/mol. The average Bonchev–Trinajstić information content (AvgIpc) is 2.88. The normalized spacial score (nSPS) is 10.9. The Bertz CT molecular complexity index is 612. The number of methoxy groups -OCH3 is 2. The van der Waals surface area contributed by atoms with E-state index in [4.69, 9.17) is 25.8 Å². The zero-order valence-corrected chi connectivity index (χ0v) is 12.0. The van der Waals surface area contributed by atoms with Crippen LogP contribution in [-0.2, 0) is 20.8 Å². The smallest absolute Gasteiger partial charge is 0.356 e. The highest BCUT2D eigenvalue weighted by Crippen LogP contribution is 2.20. The standard InChI is InChI=1S/C13H15ClN2O4/c1-18-5-6-20-8-9-7-12-10(14)3-4-11(13(17)19-2)16(12)15-9/h3-4,7H,5-6,8H2,1-2H3. The topological polar surface area (TPSA) is 62.1 Å². The Morgan fingerprint density at radius 1 is 1.35 bits per heavy atom. The Kier molecular flexibility index (Phi) is 4.94. The third-order valence-corrected chi connectivity index (χ3v) is 3.02. The molecule has 0 radical (unpaired) electrons. The molecule has 0 bridgehead atoms. The van der Waals surface area contributed by atoms with Gasteiger partial charge in [0.15, 0.2) is 5.69 Å². The molecule has 2 aromatic rings. The molecule has 6 nitrogen and oxygen atoms in total. The largest absolute Gasteiger partial charge is 0.464 e. The molecule has 0 amide bonds. The Hall–Kier alpha value is -1.63. The van der Waals surface area contributed by atoms with Crippen molar-refractivity contribution in [3.8, 4) is 0 Å². The van der Waals surface area contributed by atoms with E-state index in [1.54, 1.807) is 25.3 Å². The second-order valence-electron chi connectivity index (χ2n) is 4.04. The zero-order chi connectivity index (χ0) is 14.5. The number of carbonyl (C=O) groups is 1. The highest BCUT2D eigenvalue weighted by Gasteiger charge is 2.15. The third-order valence-electron chi connectivity index (χ3n) is 2.70. The first-order chi connectivity index (χ1) is 9.67. The number of halogens is 1. The number of hydrogen-bond donors (Lipinski definition) is 0. The Morgan fingerprint density at radius 2 is 2.15 bits per heavy atom. The van der Waals surface area contributed by atoms with Crippen LogP contribution in [0.3, 0.4) is 0 Å². The molecule has 0 aliphatic carbocycles. The van der Waals surface area contributed by atoms with Gasteiger partial charge >= 0.3 is 5.97 Å². The maximum absolute atomic E-state index is 11.7. The van der Waals surface area contributed by atoms with Crippen molar-refractivity contribution in [2.45, 2.75) is 6.61 Å². The first-order valence-electron chi connectivity index (χ1n) is 5.99. The molecule has 0 N–H and O–H groups in total.